The van der Waals surface area contributed by atoms with E-state index in [0.29, 0.717) is 18.7 Å². The fraction of sp³-hybridized carbons (Fsp3) is 0.455. The molecule has 31 heavy (non-hydrogen) atoms. The average Bonchev–Trinajstić information content (AvgIpc) is 2.71. The SMILES string of the molecule is CCCCN(C)c1ccc(NC(=O)C(CCC)NC(=O)Cc2cc(F)cc(F)c2)nn1. The van der Waals surface area contributed by atoms with E-state index in [4.69, 9.17) is 0 Å². The minimum absolute atomic E-state index is 0.194. The second kappa shape index (κ2) is 11.9. The molecule has 1 unspecified atom stereocenters. The lowest BCUT2D eigenvalue weighted by molar-refractivity contribution is -0.126. The number of hydrogen-bond donors (Lipinski definition) is 2. The molecule has 9 heteroatoms. The Morgan fingerprint density at radius 1 is 1.06 bits per heavy atom. The van der Waals surface area contributed by atoms with Gasteiger partial charge in [-0.3, -0.25) is 9.59 Å². The van der Waals surface area contributed by atoms with Crippen LogP contribution in [-0.2, 0) is 16.0 Å². The molecule has 2 N–H and O–H groups in total. The first-order chi connectivity index (χ1) is 14.8. The highest BCUT2D eigenvalue weighted by Gasteiger charge is 2.21. The van der Waals surface area contributed by atoms with E-state index in [1.807, 2.05) is 18.9 Å². The number of anilines is 2. The fourth-order valence-electron chi connectivity index (χ4n) is 3.02. The largest absolute Gasteiger partial charge is 0.358 e. The molecule has 1 aromatic carbocycles. The summed E-state index contributed by atoms with van der Waals surface area (Å²) in [7, 11) is 1.93. The first kappa shape index (κ1) is 24.2. The predicted molar refractivity (Wildman–Crippen MR) is 116 cm³/mol. The summed E-state index contributed by atoms with van der Waals surface area (Å²) in [5.41, 5.74) is 0.194. The van der Waals surface area contributed by atoms with Gasteiger partial charge in [0.2, 0.25) is 11.8 Å². The van der Waals surface area contributed by atoms with Crippen molar-refractivity contribution in [3.63, 3.8) is 0 Å². The van der Waals surface area contributed by atoms with E-state index < -0.39 is 29.5 Å². The van der Waals surface area contributed by atoms with Gasteiger partial charge in [0.25, 0.3) is 0 Å². The van der Waals surface area contributed by atoms with E-state index in [0.717, 1.165) is 37.6 Å². The number of carbonyl (C=O) groups excluding carboxylic acids is 2. The maximum absolute atomic E-state index is 13.3. The van der Waals surface area contributed by atoms with Gasteiger partial charge in [0.1, 0.15) is 17.7 Å². The summed E-state index contributed by atoms with van der Waals surface area (Å²) in [6, 6.07) is 5.54. The normalized spacial score (nSPS) is 11.6. The molecule has 0 aliphatic carbocycles. The van der Waals surface area contributed by atoms with Crippen molar-refractivity contribution in [2.24, 2.45) is 0 Å². The quantitative estimate of drug-likeness (QED) is 0.567. The molecule has 0 aliphatic heterocycles. The van der Waals surface area contributed by atoms with Crippen molar-refractivity contribution in [3.8, 4) is 0 Å². The lowest BCUT2D eigenvalue weighted by Crippen LogP contribution is -2.44. The summed E-state index contributed by atoms with van der Waals surface area (Å²) >= 11 is 0. The Morgan fingerprint density at radius 2 is 1.77 bits per heavy atom. The highest BCUT2D eigenvalue weighted by molar-refractivity contribution is 5.96. The molecule has 1 atom stereocenters. The molecule has 2 amide bonds. The summed E-state index contributed by atoms with van der Waals surface area (Å²) in [6.07, 6.45) is 2.93. The van der Waals surface area contributed by atoms with Crippen molar-refractivity contribution in [1.82, 2.24) is 15.5 Å². The molecule has 0 bridgehead atoms. The van der Waals surface area contributed by atoms with Crippen molar-refractivity contribution >= 4 is 23.5 Å². The minimum atomic E-state index is -0.801. The molecular formula is C22H29F2N5O2. The number of hydrogen-bond acceptors (Lipinski definition) is 5. The first-order valence-electron chi connectivity index (χ1n) is 10.4. The molecule has 2 aromatic rings. The lowest BCUT2D eigenvalue weighted by atomic mass is 10.1. The number of aromatic nitrogens is 2. The van der Waals surface area contributed by atoms with Crippen LogP contribution in [-0.4, -0.2) is 41.6 Å². The summed E-state index contributed by atoms with van der Waals surface area (Å²) in [6.45, 7) is 4.85. The molecule has 1 aromatic heterocycles. The summed E-state index contributed by atoms with van der Waals surface area (Å²) in [5.74, 6) is -1.46. The lowest BCUT2D eigenvalue weighted by Gasteiger charge is -2.19. The highest BCUT2D eigenvalue weighted by Crippen LogP contribution is 2.12. The first-order valence-corrected chi connectivity index (χ1v) is 10.4. The van der Waals surface area contributed by atoms with Gasteiger partial charge in [0.05, 0.1) is 6.42 Å². The molecule has 0 spiro atoms. The van der Waals surface area contributed by atoms with Crippen LogP contribution in [0.3, 0.4) is 0 Å². The van der Waals surface area contributed by atoms with Crippen LogP contribution in [0.4, 0.5) is 20.4 Å². The van der Waals surface area contributed by atoms with Gasteiger partial charge in [-0.15, -0.1) is 10.2 Å². The Morgan fingerprint density at radius 3 is 2.35 bits per heavy atom. The maximum Gasteiger partial charge on any atom is 0.248 e. The Hall–Kier alpha value is -3.10. The van der Waals surface area contributed by atoms with Gasteiger partial charge in [-0.2, -0.15) is 0 Å². The zero-order valence-corrected chi connectivity index (χ0v) is 18.1. The molecule has 168 valence electrons. The van der Waals surface area contributed by atoms with Crippen molar-refractivity contribution in [3.05, 3.63) is 47.5 Å². The number of unbranched alkanes of at least 4 members (excludes halogenated alkanes) is 1. The van der Waals surface area contributed by atoms with Gasteiger partial charge < -0.3 is 15.5 Å². The number of benzene rings is 1. The Kier molecular flexibility index (Phi) is 9.30. The molecule has 0 saturated heterocycles. The van der Waals surface area contributed by atoms with Crippen molar-refractivity contribution in [2.45, 2.75) is 52.0 Å². The van der Waals surface area contributed by atoms with E-state index in [9.17, 15) is 18.4 Å². The smallest absolute Gasteiger partial charge is 0.248 e. The third-order valence-corrected chi connectivity index (χ3v) is 4.66. The van der Waals surface area contributed by atoms with Crippen LogP contribution in [0, 0.1) is 11.6 Å². The zero-order valence-electron chi connectivity index (χ0n) is 18.1. The van der Waals surface area contributed by atoms with Gasteiger partial charge in [-0.25, -0.2) is 8.78 Å². The van der Waals surface area contributed by atoms with Crippen LogP contribution < -0.4 is 15.5 Å². The molecule has 2 rings (SSSR count). The van der Waals surface area contributed by atoms with E-state index in [1.165, 1.54) is 0 Å². The second-order valence-corrected chi connectivity index (χ2v) is 7.40. The standard InChI is InChI=1S/C22H29F2N5O2/c1-4-6-10-29(3)20-9-8-19(27-28-20)26-22(31)18(7-5-2)25-21(30)13-15-11-16(23)14-17(24)12-15/h8-9,11-12,14,18H,4-7,10,13H2,1-3H3,(H,25,30)(H,26,27,31). The number of nitrogens with zero attached hydrogens (tertiary/aromatic N) is 3. The van der Waals surface area contributed by atoms with Crippen LogP contribution in [0.25, 0.3) is 0 Å². The monoisotopic (exact) mass is 433 g/mol. The number of nitrogens with one attached hydrogen (secondary N) is 2. The highest BCUT2D eigenvalue weighted by atomic mass is 19.1. The molecule has 0 aliphatic rings. The topological polar surface area (TPSA) is 87.2 Å². The van der Waals surface area contributed by atoms with Crippen LogP contribution in [0.1, 0.15) is 45.1 Å². The predicted octanol–water partition coefficient (Wildman–Crippen LogP) is 3.46. The molecule has 0 radical (unpaired) electrons. The van der Waals surface area contributed by atoms with Crippen LogP contribution in [0.15, 0.2) is 30.3 Å². The number of rotatable bonds is 11. The van der Waals surface area contributed by atoms with Crippen LogP contribution >= 0.6 is 0 Å². The van der Waals surface area contributed by atoms with Gasteiger partial charge in [0.15, 0.2) is 11.6 Å². The van der Waals surface area contributed by atoms with Gasteiger partial charge in [-0.1, -0.05) is 26.7 Å². The summed E-state index contributed by atoms with van der Waals surface area (Å²) in [5, 5.41) is 13.4. The van der Waals surface area contributed by atoms with Gasteiger partial charge in [-0.05, 0) is 42.7 Å². The van der Waals surface area contributed by atoms with Gasteiger partial charge in [0, 0.05) is 19.7 Å². The Balaban J connectivity index is 1.97. The fourth-order valence-corrected chi connectivity index (χ4v) is 3.02. The molecule has 7 nitrogen and oxygen atoms in total. The van der Waals surface area contributed by atoms with Crippen molar-refractivity contribution in [1.29, 1.82) is 0 Å². The number of carbonyl (C=O) groups is 2. The summed E-state index contributed by atoms with van der Waals surface area (Å²) in [4.78, 5) is 26.9. The minimum Gasteiger partial charge on any atom is -0.358 e. The van der Waals surface area contributed by atoms with E-state index in [-0.39, 0.29) is 17.8 Å². The maximum atomic E-state index is 13.3. The Labute approximate surface area is 181 Å². The Bertz CT molecular complexity index is 856. The molecular weight excluding hydrogens is 404 g/mol. The van der Waals surface area contributed by atoms with E-state index >= 15 is 0 Å². The molecule has 1 heterocycles. The van der Waals surface area contributed by atoms with E-state index in [1.54, 1.807) is 12.1 Å². The third-order valence-electron chi connectivity index (χ3n) is 4.66. The average molecular weight is 434 g/mol. The molecule has 0 fully saturated rings. The van der Waals surface area contributed by atoms with Gasteiger partial charge >= 0.3 is 0 Å². The number of amides is 2. The van der Waals surface area contributed by atoms with E-state index in [2.05, 4.69) is 27.8 Å². The number of halogens is 2. The zero-order chi connectivity index (χ0) is 22.8. The van der Waals surface area contributed by atoms with Crippen LogP contribution in [0.2, 0.25) is 0 Å². The summed E-state index contributed by atoms with van der Waals surface area (Å²) < 4.78 is 26.6. The third kappa shape index (κ3) is 7.92. The van der Waals surface area contributed by atoms with Crippen molar-refractivity contribution in [2.75, 3.05) is 23.8 Å². The second-order valence-electron chi connectivity index (χ2n) is 7.40. The van der Waals surface area contributed by atoms with Crippen LogP contribution in [0.5, 0.6) is 0 Å². The van der Waals surface area contributed by atoms with Crippen molar-refractivity contribution < 1.29 is 18.4 Å². The molecule has 0 saturated carbocycles.